The van der Waals surface area contributed by atoms with Crippen LogP contribution in [0.25, 0.3) is 0 Å². The maximum absolute atomic E-state index is 11.8. The molecule has 100 valence electrons. The van der Waals surface area contributed by atoms with Crippen LogP contribution in [0, 0.1) is 5.92 Å². The second kappa shape index (κ2) is 5.25. The zero-order valence-corrected chi connectivity index (χ0v) is 11.5. The van der Waals surface area contributed by atoms with Crippen molar-refractivity contribution in [3.8, 4) is 0 Å². The van der Waals surface area contributed by atoms with Gasteiger partial charge in [-0.1, -0.05) is 6.92 Å². The Balaban J connectivity index is 2.54. The van der Waals surface area contributed by atoms with Gasteiger partial charge in [-0.15, -0.1) is 0 Å². The van der Waals surface area contributed by atoms with Crippen molar-refractivity contribution in [3.05, 3.63) is 0 Å². The van der Waals surface area contributed by atoms with Gasteiger partial charge in [0.25, 0.3) is 0 Å². The van der Waals surface area contributed by atoms with Crippen LogP contribution in [0.4, 0.5) is 4.79 Å². The highest BCUT2D eigenvalue weighted by Gasteiger charge is 2.43. The highest BCUT2D eigenvalue weighted by molar-refractivity contribution is 5.69. The van der Waals surface area contributed by atoms with Crippen molar-refractivity contribution in [2.24, 2.45) is 11.7 Å². The molecular formula is C13H26N2O2. The third-order valence-electron chi connectivity index (χ3n) is 3.54. The van der Waals surface area contributed by atoms with E-state index in [-0.39, 0.29) is 11.6 Å². The Morgan fingerprint density at radius 3 is 2.41 bits per heavy atom. The van der Waals surface area contributed by atoms with Crippen LogP contribution in [-0.4, -0.2) is 23.8 Å². The molecule has 0 aromatic heterocycles. The molecule has 0 aromatic carbocycles. The number of hydrogen-bond donors (Lipinski definition) is 2. The Morgan fingerprint density at radius 2 is 2.06 bits per heavy atom. The number of carbonyl (C=O) groups is 1. The van der Waals surface area contributed by atoms with Crippen molar-refractivity contribution in [2.45, 2.75) is 64.5 Å². The third-order valence-corrected chi connectivity index (χ3v) is 3.54. The number of carbonyl (C=O) groups excluding carboxylic acids is 1. The Kier molecular flexibility index (Phi) is 4.42. The summed E-state index contributed by atoms with van der Waals surface area (Å²) >= 11 is 0. The summed E-state index contributed by atoms with van der Waals surface area (Å²) in [6, 6.07) is 0. The van der Waals surface area contributed by atoms with Crippen LogP contribution in [0.2, 0.25) is 0 Å². The van der Waals surface area contributed by atoms with Gasteiger partial charge in [-0.25, -0.2) is 4.79 Å². The molecule has 0 bridgehead atoms. The molecule has 0 heterocycles. The highest BCUT2D eigenvalue weighted by atomic mass is 16.6. The molecule has 1 aliphatic carbocycles. The number of nitrogens with two attached hydrogens (primary N) is 1. The summed E-state index contributed by atoms with van der Waals surface area (Å²) in [6.07, 6.45) is 3.88. The number of hydrogen-bond acceptors (Lipinski definition) is 3. The smallest absolute Gasteiger partial charge is 0.408 e. The first kappa shape index (κ1) is 14.3. The van der Waals surface area contributed by atoms with E-state index < -0.39 is 5.60 Å². The molecular weight excluding hydrogens is 216 g/mol. The fourth-order valence-corrected chi connectivity index (χ4v) is 2.33. The summed E-state index contributed by atoms with van der Waals surface area (Å²) in [6.45, 7) is 8.46. The number of amides is 1. The van der Waals surface area contributed by atoms with Gasteiger partial charge in [0, 0.05) is 5.54 Å². The molecule has 1 aliphatic rings. The molecule has 1 atom stereocenters. The number of ether oxygens (including phenoxy) is 1. The monoisotopic (exact) mass is 242 g/mol. The molecule has 0 radical (unpaired) electrons. The lowest BCUT2D eigenvalue weighted by Gasteiger charge is -2.47. The summed E-state index contributed by atoms with van der Waals surface area (Å²) in [4.78, 5) is 11.8. The second-order valence-corrected chi connectivity index (χ2v) is 6.11. The average molecular weight is 242 g/mol. The lowest BCUT2D eigenvalue weighted by atomic mass is 9.67. The molecule has 1 saturated carbocycles. The Hall–Kier alpha value is -0.770. The predicted octanol–water partition coefficient (Wildman–Crippen LogP) is 2.42. The molecule has 1 unspecified atom stereocenters. The standard InChI is InChI=1S/C13H26N2O2/c1-10(6-9-14)13(7-5-8-13)15-11(16)17-12(2,3)4/h10H,5-9,14H2,1-4H3,(H,15,16). The van der Waals surface area contributed by atoms with Gasteiger partial charge in [0.1, 0.15) is 5.60 Å². The zero-order chi connectivity index (χ0) is 13.1. The zero-order valence-electron chi connectivity index (χ0n) is 11.5. The molecule has 4 nitrogen and oxygen atoms in total. The predicted molar refractivity (Wildman–Crippen MR) is 68.8 cm³/mol. The van der Waals surface area contributed by atoms with Gasteiger partial charge in [0.15, 0.2) is 0 Å². The molecule has 0 aliphatic heterocycles. The largest absolute Gasteiger partial charge is 0.444 e. The first-order chi connectivity index (χ1) is 7.79. The van der Waals surface area contributed by atoms with Gasteiger partial charge in [-0.05, 0) is 58.9 Å². The van der Waals surface area contributed by atoms with E-state index in [9.17, 15) is 4.79 Å². The molecule has 1 rings (SSSR count). The second-order valence-electron chi connectivity index (χ2n) is 6.11. The summed E-state index contributed by atoms with van der Waals surface area (Å²) in [5.41, 5.74) is 5.07. The first-order valence-corrected chi connectivity index (χ1v) is 6.50. The highest BCUT2D eigenvalue weighted by Crippen LogP contribution is 2.39. The molecule has 0 aromatic rings. The fraction of sp³-hybridized carbons (Fsp3) is 0.923. The van der Waals surface area contributed by atoms with Crippen molar-refractivity contribution in [1.29, 1.82) is 0 Å². The Bertz CT molecular complexity index is 267. The van der Waals surface area contributed by atoms with Gasteiger partial charge < -0.3 is 15.8 Å². The number of alkyl carbamates (subject to hydrolysis) is 1. The van der Waals surface area contributed by atoms with Crippen LogP contribution < -0.4 is 11.1 Å². The lowest BCUT2D eigenvalue weighted by molar-refractivity contribution is 0.0280. The van der Waals surface area contributed by atoms with Crippen LogP contribution in [0.5, 0.6) is 0 Å². The molecule has 4 heteroatoms. The fourth-order valence-electron chi connectivity index (χ4n) is 2.33. The van der Waals surface area contributed by atoms with E-state index in [2.05, 4.69) is 12.2 Å². The normalized spacial score (nSPS) is 20.3. The topological polar surface area (TPSA) is 64.3 Å². The molecule has 17 heavy (non-hydrogen) atoms. The maximum atomic E-state index is 11.8. The van der Waals surface area contributed by atoms with Crippen molar-refractivity contribution in [1.82, 2.24) is 5.32 Å². The lowest BCUT2D eigenvalue weighted by Crippen LogP contribution is -2.58. The van der Waals surface area contributed by atoms with Crippen LogP contribution in [0.1, 0.15) is 53.4 Å². The summed E-state index contributed by atoms with van der Waals surface area (Å²) < 4.78 is 5.32. The van der Waals surface area contributed by atoms with Gasteiger partial charge in [0.05, 0.1) is 0 Å². The van der Waals surface area contributed by atoms with Crippen molar-refractivity contribution in [3.63, 3.8) is 0 Å². The average Bonchev–Trinajstić information content (AvgIpc) is 2.08. The minimum atomic E-state index is -0.438. The van der Waals surface area contributed by atoms with Gasteiger partial charge in [0.2, 0.25) is 0 Å². The summed E-state index contributed by atoms with van der Waals surface area (Å²) in [7, 11) is 0. The molecule has 0 spiro atoms. The van der Waals surface area contributed by atoms with Gasteiger partial charge >= 0.3 is 6.09 Å². The molecule has 3 N–H and O–H groups in total. The Labute approximate surface area is 104 Å². The molecule has 1 fully saturated rings. The first-order valence-electron chi connectivity index (χ1n) is 6.50. The van der Waals surface area contributed by atoms with E-state index in [0.29, 0.717) is 12.5 Å². The SMILES string of the molecule is CC(CCN)C1(NC(=O)OC(C)(C)C)CCC1. The van der Waals surface area contributed by atoms with Gasteiger partial charge in [-0.2, -0.15) is 0 Å². The van der Waals surface area contributed by atoms with E-state index >= 15 is 0 Å². The Morgan fingerprint density at radius 1 is 1.47 bits per heavy atom. The number of nitrogens with one attached hydrogen (secondary N) is 1. The third kappa shape index (κ3) is 3.87. The summed E-state index contributed by atoms with van der Waals surface area (Å²) in [5.74, 6) is 0.411. The van der Waals surface area contributed by atoms with Crippen LogP contribution in [0.3, 0.4) is 0 Å². The maximum Gasteiger partial charge on any atom is 0.408 e. The van der Waals surface area contributed by atoms with E-state index in [1.54, 1.807) is 0 Å². The van der Waals surface area contributed by atoms with Crippen molar-refractivity contribution in [2.75, 3.05) is 6.54 Å². The molecule has 0 saturated heterocycles. The minimum Gasteiger partial charge on any atom is -0.444 e. The van der Waals surface area contributed by atoms with Gasteiger partial charge in [-0.3, -0.25) is 0 Å². The van der Waals surface area contributed by atoms with E-state index in [0.717, 1.165) is 19.3 Å². The van der Waals surface area contributed by atoms with Crippen LogP contribution >= 0.6 is 0 Å². The quantitative estimate of drug-likeness (QED) is 0.795. The number of rotatable bonds is 4. The van der Waals surface area contributed by atoms with Crippen molar-refractivity contribution >= 4 is 6.09 Å². The summed E-state index contributed by atoms with van der Waals surface area (Å²) in [5, 5.41) is 3.05. The van der Waals surface area contributed by atoms with Crippen LogP contribution in [-0.2, 0) is 4.74 Å². The minimum absolute atomic E-state index is 0.0816. The van der Waals surface area contributed by atoms with Crippen LogP contribution in [0.15, 0.2) is 0 Å². The van der Waals surface area contributed by atoms with E-state index in [1.807, 2.05) is 20.8 Å². The van der Waals surface area contributed by atoms with E-state index in [4.69, 9.17) is 10.5 Å². The van der Waals surface area contributed by atoms with E-state index in [1.165, 1.54) is 6.42 Å². The van der Waals surface area contributed by atoms with Crippen molar-refractivity contribution < 1.29 is 9.53 Å². The molecule has 1 amide bonds.